The van der Waals surface area contributed by atoms with Crippen LogP contribution < -0.4 is 10.1 Å². The summed E-state index contributed by atoms with van der Waals surface area (Å²) in [6, 6.07) is 7.70. The Labute approximate surface area is 113 Å². The number of ether oxygens (including phenoxy) is 1. The molecule has 0 amide bonds. The monoisotopic (exact) mass is 257 g/mol. The number of aryl methyl sites for hydroxylation is 1. The van der Waals surface area contributed by atoms with Gasteiger partial charge in [-0.3, -0.25) is 4.98 Å². The van der Waals surface area contributed by atoms with E-state index >= 15 is 0 Å². The molecule has 0 aromatic carbocycles. The van der Waals surface area contributed by atoms with E-state index < -0.39 is 0 Å². The number of hydrogen-bond acceptors (Lipinski definition) is 4. The highest BCUT2D eigenvalue weighted by Crippen LogP contribution is 2.18. The fourth-order valence-electron chi connectivity index (χ4n) is 1.62. The Balaban J connectivity index is 1.92. The number of rotatable bonds is 6. The van der Waals surface area contributed by atoms with E-state index in [1.54, 1.807) is 6.20 Å². The van der Waals surface area contributed by atoms with Crippen LogP contribution in [0.2, 0.25) is 0 Å². The summed E-state index contributed by atoms with van der Waals surface area (Å²) in [5.74, 6) is 1.29. The Morgan fingerprint density at radius 3 is 2.63 bits per heavy atom. The molecule has 19 heavy (non-hydrogen) atoms. The van der Waals surface area contributed by atoms with Crippen molar-refractivity contribution >= 4 is 0 Å². The van der Waals surface area contributed by atoms with Crippen molar-refractivity contribution < 1.29 is 4.74 Å². The van der Waals surface area contributed by atoms with Crippen molar-refractivity contribution in [1.29, 1.82) is 0 Å². The van der Waals surface area contributed by atoms with E-state index in [1.807, 2.05) is 37.4 Å². The van der Waals surface area contributed by atoms with Gasteiger partial charge in [0.05, 0.1) is 6.20 Å². The van der Waals surface area contributed by atoms with E-state index in [2.05, 4.69) is 22.2 Å². The summed E-state index contributed by atoms with van der Waals surface area (Å²) in [6.07, 6.45) is 4.67. The molecule has 0 spiro atoms. The summed E-state index contributed by atoms with van der Waals surface area (Å²) in [4.78, 5) is 8.47. The first-order valence-corrected chi connectivity index (χ1v) is 6.54. The van der Waals surface area contributed by atoms with E-state index in [-0.39, 0.29) is 0 Å². The lowest BCUT2D eigenvalue weighted by molar-refractivity contribution is 0.460. The van der Waals surface area contributed by atoms with Crippen LogP contribution in [-0.2, 0) is 6.54 Å². The van der Waals surface area contributed by atoms with Crippen LogP contribution in [0.15, 0.2) is 36.7 Å². The first kappa shape index (κ1) is 13.5. The minimum atomic E-state index is 0.588. The zero-order chi connectivity index (χ0) is 13.5. The fraction of sp³-hybridized carbons (Fsp3) is 0.333. The molecule has 0 aliphatic heterocycles. The van der Waals surface area contributed by atoms with Crippen molar-refractivity contribution in [3.8, 4) is 11.6 Å². The smallest absolute Gasteiger partial charge is 0.219 e. The van der Waals surface area contributed by atoms with Gasteiger partial charge in [0.2, 0.25) is 5.88 Å². The predicted octanol–water partition coefficient (Wildman–Crippen LogP) is 3.08. The van der Waals surface area contributed by atoms with Crippen LogP contribution in [0, 0.1) is 6.92 Å². The van der Waals surface area contributed by atoms with Crippen molar-refractivity contribution in [3.63, 3.8) is 0 Å². The lowest BCUT2D eigenvalue weighted by Crippen LogP contribution is -2.13. The Bertz CT molecular complexity index is 494. The first-order valence-electron chi connectivity index (χ1n) is 6.54. The Morgan fingerprint density at radius 1 is 1.11 bits per heavy atom. The second kappa shape index (κ2) is 6.85. The molecule has 4 nitrogen and oxygen atoms in total. The third-order valence-electron chi connectivity index (χ3n) is 2.66. The maximum Gasteiger partial charge on any atom is 0.219 e. The predicted molar refractivity (Wildman–Crippen MR) is 75.3 cm³/mol. The molecule has 2 aromatic rings. The summed E-state index contributed by atoms with van der Waals surface area (Å²) >= 11 is 0. The van der Waals surface area contributed by atoms with E-state index in [9.17, 15) is 0 Å². The lowest BCUT2D eigenvalue weighted by Gasteiger charge is -2.06. The van der Waals surface area contributed by atoms with Gasteiger partial charge in [-0.15, -0.1) is 0 Å². The topological polar surface area (TPSA) is 47.0 Å². The molecule has 0 radical (unpaired) electrons. The minimum Gasteiger partial charge on any atom is -0.437 e. The third-order valence-corrected chi connectivity index (χ3v) is 2.66. The molecule has 2 rings (SSSR count). The fourth-order valence-corrected chi connectivity index (χ4v) is 1.62. The molecular formula is C15H19N3O. The molecule has 0 saturated heterocycles. The number of pyridine rings is 2. The van der Waals surface area contributed by atoms with Crippen LogP contribution in [0.1, 0.15) is 24.6 Å². The standard InChI is InChI=1S/C15H19N3O/c1-3-8-16-9-13-5-7-15(18-10-13)19-14-6-4-12(2)17-11-14/h4-7,10-11,16H,3,8-9H2,1-2H3. The Hall–Kier alpha value is -1.94. The summed E-state index contributed by atoms with van der Waals surface area (Å²) in [6.45, 7) is 5.96. The molecule has 1 N–H and O–H groups in total. The van der Waals surface area contributed by atoms with Gasteiger partial charge in [-0.25, -0.2) is 4.98 Å². The number of aromatic nitrogens is 2. The van der Waals surface area contributed by atoms with Gasteiger partial charge in [0.25, 0.3) is 0 Å². The van der Waals surface area contributed by atoms with Gasteiger partial charge in [0.15, 0.2) is 0 Å². The maximum absolute atomic E-state index is 5.62. The van der Waals surface area contributed by atoms with Gasteiger partial charge in [-0.05, 0) is 37.6 Å². The molecule has 0 atom stereocenters. The summed E-state index contributed by atoms with van der Waals surface area (Å²) in [5, 5.41) is 3.34. The maximum atomic E-state index is 5.62. The summed E-state index contributed by atoms with van der Waals surface area (Å²) < 4.78 is 5.62. The van der Waals surface area contributed by atoms with Crippen LogP contribution in [0.4, 0.5) is 0 Å². The van der Waals surface area contributed by atoms with E-state index in [4.69, 9.17) is 4.74 Å². The molecule has 0 saturated carbocycles. The highest BCUT2D eigenvalue weighted by Gasteiger charge is 1.99. The molecule has 4 heteroatoms. The van der Waals surface area contributed by atoms with Gasteiger partial charge < -0.3 is 10.1 Å². The van der Waals surface area contributed by atoms with E-state index in [1.165, 1.54) is 0 Å². The van der Waals surface area contributed by atoms with Gasteiger partial charge in [-0.2, -0.15) is 0 Å². The number of nitrogens with one attached hydrogen (secondary N) is 1. The van der Waals surface area contributed by atoms with Crippen molar-refractivity contribution in [2.24, 2.45) is 0 Å². The van der Waals surface area contributed by atoms with Gasteiger partial charge in [0, 0.05) is 24.5 Å². The second-order valence-corrected chi connectivity index (χ2v) is 4.42. The van der Waals surface area contributed by atoms with E-state index in [0.717, 1.165) is 30.8 Å². The molecular weight excluding hydrogens is 238 g/mol. The molecule has 100 valence electrons. The highest BCUT2D eigenvalue weighted by atomic mass is 16.5. The molecule has 0 unspecified atom stereocenters. The molecule has 0 aliphatic rings. The molecule has 2 heterocycles. The quantitative estimate of drug-likeness (QED) is 0.808. The first-order chi connectivity index (χ1) is 9.28. The zero-order valence-corrected chi connectivity index (χ0v) is 11.4. The van der Waals surface area contributed by atoms with Gasteiger partial charge >= 0.3 is 0 Å². The minimum absolute atomic E-state index is 0.588. The van der Waals surface area contributed by atoms with Crippen molar-refractivity contribution in [2.75, 3.05) is 6.54 Å². The highest BCUT2D eigenvalue weighted by molar-refractivity contribution is 5.26. The second-order valence-electron chi connectivity index (χ2n) is 4.42. The van der Waals surface area contributed by atoms with Gasteiger partial charge in [0.1, 0.15) is 5.75 Å². The lowest BCUT2D eigenvalue weighted by atomic mass is 10.3. The Kier molecular flexibility index (Phi) is 4.86. The van der Waals surface area contributed by atoms with Crippen molar-refractivity contribution in [3.05, 3.63) is 47.9 Å². The Morgan fingerprint density at radius 2 is 2.00 bits per heavy atom. The van der Waals surface area contributed by atoms with Gasteiger partial charge in [-0.1, -0.05) is 13.0 Å². The third kappa shape index (κ3) is 4.34. The molecule has 0 aliphatic carbocycles. The van der Waals surface area contributed by atoms with Crippen molar-refractivity contribution in [2.45, 2.75) is 26.8 Å². The van der Waals surface area contributed by atoms with E-state index in [0.29, 0.717) is 11.6 Å². The number of hydrogen-bond donors (Lipinski definition) is 1. The van der Waals surface area contributed by atoms with Crippen LogP contribution >= 0.6 is 0 Å². The number of nitrogens with zero attached hydrogens (tertiary/aromatic N) is 2. The normalized spacial score (nSPS) is 10.4. The average molecular weight is 257 g/mol. The average Bonchev–Trinajstić information content (AvgIpc) is 2.44. The van der Waals surface area contributed by atoms with Crippen LogP contribution in [0.3, 0.4) is 0 Å². The van der Waals surface area contributed by atoms with Crippen LogP contribution in [0.5, 0.6) is 11.6 Å². The SMILES string of the molecule is CCCNCc1ccc(Oc2ccc(C)nc2)nc1. The summed E-state index contributed by atoms with van der Waals surface area (Å²) in [7, 11) is 0. The molecule has 0 bridgehead atoms. The van der Waals surface area contributed by atoms with Crippen LogP contribution in [0.25, 0.3) is 0 Å². The van der Waals surface area contributed by atoms with Crippen molar-refractivity contribution in [1.82, 2.24) is 15.3 Å². The summed E-state index contributed by atoms with van der Waals surface area (Å²) in [5.41, 5.74) is 2.13. The molecule has 0 fully saturated rings. The molecule has 2 aromatic heterocycles. The largest absolute Gasteiger partial charge is 0.437 e. The van der Waals surface area contributed by atoms with Crippen LogP contribution in [-0.4, -0.2) is 16.5 Å². The zero-order valence-electron chi connectivity index (χ0n) is 11.4.